The van der Waals surface area contributed by atoms with E-state index in [0.717, 1.165) is 32.6 Å². The number of hydrogen-bond donors (Lipinski definition) is 1. The molecule has 0 aromatic carbocycles. The zero-order valence-electron chi connectivity index (χ0n) is 16.7. The third kappa shape index (κ3) is 4.82. The molecule has 3 saturated heterocycles. The number of anilines is 1. The Kier molecular flexibility index (Phi) is 6.66. The van der Waals surface area contributed by atoms with Crippen molar-refractivity contribution in [3.05, 3.63) is 11.1 Å². The number of aromatic nitrogens is 1. The monoisotopic (exact) mass is 393 g/mol. The van der Waals surface area contributed by atoms with E-state index >= 15 is 0 Å². The molecule has 3 aliphatic rings. The van der Waals surface area contributed by atoms with Gasteiger partial charge in [-0.25, -0.2) is 4.98 Å². The first-order valence-electron chi connectivity index (χ1n) is 10.7. The van der Waals surface area contributed by atoms with Gasteiger partial charge < -0.3 is 14.9 Å². The number of piperazine rings is 1. The van der Waals surface area contributed by atoms with E-state index in [4.69, 9.17) is 0 Å². The molecule has 1 atom stereocenters. The zero-order valence-corrected chi connectivity index (χ0v) is 17.5. The largest absolute Gasteiger partial charge is 0.396 e. The van der Waals surface area contributed by atoms with Crippen LogP contribution in [0.1, 0.15) is 37.0 Å². The van der Waals surface area contributed by atoms with Gasteiger partial charge in [-0.3, -0.25) is 9.80 Å². The molecule has 4 rings (SSSR count). The number of thiazole rings is 1. The van der Waals surface area contributed by atoms with Gasteiger partial charge in [0.25, 0.3) is 0 Å². The molecule has 1 N–H and O–H groups in total. The lowest BCUT2D eigenvalue weighted by molar-refractivity contribution is 0.00627. The molecule has 7 heteroatoms. The number of hydrogen-bond acceptors (Lipinski definition) is 7. The fourth-order valence-corrected chi connectivity index (χ4v) is 5.94. The van der Waals surface area contributed by atoms with Crippen molar-refractivity contribution in [2.75, 3.05) is 64.4 Å². The van der Waals surface area contributed by atoms with E-state index in [2.05, 4.69) is 37.8 Å². The molecular formula is C20H35N5OS. The summed E-state index contributed by atoms with van der Waals surface area (Å²) in [6.07, 6.45) is 8.12. The highest BCUT2D eigenvalue weighted by molar-refractivity contribution is 7.15. The van der Waals surface area contributed by atoms with Gasteiger partial charge >= 0.3 is 0 Å². The number of rotatable bonds is 6. The van der Waals surface area contributed by atoms with Crippen molar-refractivity contribution in [1.82, 2.24) is 19.7 Å². The Bertz CT molecular complexity index is 583. The minimum absolute atomic E-state index is 0.293. The highest BCUT2D eigenvalue weighted by Gasteiger charge is 2.33. The summed E-state index contributed by atoms with van der Waals surface area (Å²) in [4.78, 5) is 16.2. The SMILES string of the molecule is CN1CCC(N2CCN(Cc3cnc(N4CCCC4)s3)CC2CCO)CC1. The smallest absolute Gasteiger partial charge is 0.185 e. The van der Waals surface area contributed by atoms with E-state index in [1.54, 1.807) is 0 Å². The van der Waals surface area contributed by atoms with Crippen LogP contribution in [0.2, 0.25) is 0 Å². The molecule has 0 aliphatic carbocycles. The van der Waals surface area contributed by atoms with Crippen LogP contribution >= 0.6 is 11.3 Å². The average Bonchev–Trinajstić information content (AvgIpc) is 3.35. The van der Waals surface area contributed by atoms with Crippen LogP contribution in [0.4, 0.5) is 5.13 Å². The summed E-state index contributed by atoms with van der Waals surface area (Å²) in [5.74, 6) is 0. The predicted molar refractivity (Wildman–Crippen MR) is 112 cm³/mol. The lowest BCUT2D eigenvalue weighted by Crippen LogP contribution is -2.58. The molecule has 1 unspecified atom stereocenters. The van der Waals surface area contributed by atoms with Gasteiger partial charge in [-0.15, -0.1) is 11.3 Å². The highest BCUT2D eigenvalue weighted by Crippen LogP contribution is 2.28. The van der Waals surface area contributed by atoms with E-state index in [9.17, 15) is 5.11 Å². The van der Waals surface area contributed by atoms with Crippen LogP contribution in [-0.2, 0) is 6.54 Å². The number of piperidine rings is 1. The fourth-order valence-electron chi connectivity index (χ4n) is 4.94. The molecule has 3 aliphatic heterocycles. The summed E-state index contributed by atoms with van der Waals surface area (Å²) in [5, 5.41) is 10.8. The summed E-state index contributed by atoms with van der Waals surface area (Å²) in [6, 6.07) is 1.19. The van der Waals surface area contributed by atoms with Crippen molar-refractivity contribution in [1.29, 1.82) is 0 Å². The Morgan fingerprint density at radius 2 is 1.89 bits per heavy atom. The van der Waals surface area contributed by atoms with Crippen molar-refractivity contribution in [3.63, 3.8) is 0 Å². The molecule has 4 heterocycles. The summed E-state index contributed by atoms with van der Waals surface area (Å²) in [7, 11) is 2.23. The molecule has 3 fully saturated rings. The zero-order chi connectivity index (χ0) is 18.6. The minimum atomic E-state index is 0.293. The molecule has 0 bridgehead atoms. The van der Waals surface area contributed by atoms with Crippen LogP contribution in [0, 0.1) is 0 Å². The van der Waals surface area contributed by atoms with Gasteiger partial charge in [-0.2, -0.15) is 0 Å². The van der Waals surface area contributed by atoms with Crippen LogP contribution < -0.4 is 4.90 Å². The average molecular weight is 394 g/mol. The Morgan fingerprint density at radius 1 is 1.11 bits per heavy atom. The maximum Gasteiger partial charge on any atom is 0.185 e. The second kappa shape index (κ2) is 9.18. The first kappa shape index (κ1) is 19.6. The van der Waals surface area contributed by atoms with E-state index in [1.807, 2.05) is 11.3 Å². The summed E-state index contributed by atoms with van der Waals surface area (Å²) in [6.45, 7) is 9.39. The Hall–Kier alpha value is -0.730. The first-order chi connectivity index (χ1) is 13.2. The molecule has 1 aromatic rings. The predicted octanol–water partition coefficient (Wildman–Crippen LogP) is 1.71. The molecule has 0 radical (unpaired) electrons. The topological polar surface area (TPSA) is 46.1 Å². The van der Waals surface area contributed by atoms with Gasteiger partial charge in [0, 0.05) is 69.0 Å². The van der Waals surface area contributed by atoms with E-state index in [1.165, 1.54) is 61.9 Å². The molecule has 0 spiro atoms. The van der Waals surface area contributed by atoms with Crippen LogP contribution in [0.25, 0.3) is 0 Å². The summed E-state index contributed by atoms with van der Waals surface area (Å²) >= 11 is 1.87. The number of nitrogens with zero attached hydrogens (tertiary/aromatic N) is 5. The van der Waals surface area contributed by atoms with Gasteiger partial charge in [0.15, 0.2) is 5.13 Å². The molecule has 1 aromatic heterocycles. The van der Waals surface area contributed by atoms with Gasteiger partial charge in [-0.05, 0) is 52.2 Å². The van der Waals surface area contributed by atoms with E-state index < -0.39 is 0 Å². The van der Waals surface area contributed by atoms with Crippen LogP contribution in [0.3, 0.4) is 0 Å². The van der Waals surface area contributed by atoms with Crippen molar-refractivity contribution < 1.29 is 5.11 Å². The molecule has 152 valence electrons. The van der Waals surface area contributed by atoms with Crippen molar-refractivity contribution in [2.45, 2.75) is 50.7 Å². The van der Waals surface area contributed by atoms with Gasteiger partial charge in [-0.1, -0.05) is 0 Å². The van der Waals surface area contributed by atoms with Crippen molar-refractivity contribution >= 4 is 16.5 Å². The lowest BCUT2D eigenvalue weighted by Gasteiger charge is -2.47. The van der Waals surface area contributed by atoms with E-state index in [0.29, 0.717) is 18.7 Å². The second-order valence-corrected chi connectivity index (χ2v) is 9.57. The number of aliphatic hydroxyl groups excluding tert-OH is 1. The Morgan fingerprint density at radius 3 is 2.63 bits per heavy atom. The maximum atomic E-state index is 9.61. The van der Waals surface area contributed by atoms with Crippen LogP contribution in [-0.4, -0.2) is 96.3 Å². The van der Waals surface area contributed by atoms with Gasteiger partial charge in [0.2, 0.25) is 0 Å². The Labute approximate surface area is 167 Å². The van der Waals surface area contributed by atoms with Crippen LogP contribution in [0.5, 0.6) is 0 Å². The summed E-state index contributed by atoms with van der Waals surface area (Å²) in [5.41, 5.74) is 0. The standard InChI is InChI=1S/C20H35N5OS/c1-22-9-4-17(5-10-22)25-12-11-23(15-18(25)6-13-26)16-19-14-21-20(27-19)24-7-2-3-8-24/h14,17-18,26H,2-13,15-16H2,1H3. The molecule has 27 heavy (non-hydrogen) atoms. The molecule has 0 amide bonds. The number of likely N-dealkylation sites (tertiary alicyclic amines) is 1. The third-order valence-corrected chi connectivity index (χ3v) is 7.57. The van der Waals surface area contributed by atoms with Gasteiger partial charge in [0.1, 0.15) is 0 Å². The summed E-state index contributed by atoms with van der Waals surface area (Å²) < 4.78 is 0. The second-order valence-electron chi connectivity index (χ2n) is 8.48. The molecular weight excluding hydrogens is 358 g/mol. The van der Waals surface area contributed by atoms with Gasteiger partial charge in [0.05, 0.1) is 0 Å². The quantitative estimate of drug-likeness (QED) is 0.794. The lowest BCUT2D eigenvalue weighted by atomic mass is 9.98. The maximum absolute atomic E-state index is 9.61. The molecule has 6 nitrogen and oxygen atoms in total. The fraction of sp³-hybridized carbons (Fsp3) is 0.850. The molecule has 0 saturated carbocycles. The number of aliphatic hydroxyl groups is 1. The highest BCUT2D eigenvalue weighted by atomic mass is 32.1. The normalized spacial score (nSPS) is 26.9. The van der Waals surface area contributed by atoms with E-state index in [-0.39, 0.29) is 0 Å². The Balaban J connectivity index is 1.34. The third-order valence-electron chi connectivity index (χ3n) is 6.53. The van der Waals surface area contributed by atoms with Crippen molar-refractivity contribution in [3.8, 4) is 0 Å². The van der Waals surface area contributed by atoms with Crippen LogP contribution in [0.15, 0.2) is 6.20 Å². The first-order valence-corrected chi connectivity index (χ1v) is 11.5. The van der Waals surface area contributed by atoms with Crippen molar-refractivity contribution in [2.24, 2.45) is 0 Å². The minimum Gasteiger partial charge on any atom is -0.396 e.